The second-order valence-electron chi connectivity index (χ2n) is 5.43. The van der Waals surface area contributed by atoms with E-state index in [-0.39, 0.29) is 12.1 Å². The van der Waals surface area contributed by atoms with Crippen LogP contribution < -0.4 is 10.1 Å². The molecule has 0 saturated carbocycles. The summed E-state index contributed by atoms with van der Waals surface area (Å²) in [6.07, 6.45) is 3.26. The van der Waals surface area contributed by atoms with Gasteiger partial charge in [-0.15, -0.1) is 0 Å². The minimum atomic E-state index is 0.0932. The molecular formula is C16H20N4O2. The largest absolute Gasteiger partial charge is 0.493 e. The molecule has 1 N–H and O–H groups in total. The predicted octanol–water partition coefficient (Wildman–Crippen LogP) is 2.77. The molecule has 2 heterocycles. The number of rotatable bonds is 6. The molecular weight excluding hydrogens is 280 g/mol. The molecule has 1 aromatic carbocycles. The fourth-order valence-corrected chi connectivity index (χ4v) is 2.60. The lowest BCUT2D eigenvalue weighted by molar-refractivity contribution is 0.369. The van der Waals surface area contributed by atoms with Crippen molar-refractivity contribution in [3.05, 3.63) is 42.7 Å². The first kappa shape index (κ1) is 14.6. The van der Waals surface area contributed by atoms with Gasteiger partial charge in [-0.2, -0.15) is 5.10 Å². The van der Waals surface area contributed by atoms with Gasteiger partial charge in [0.2, 0.25) is 0 Å². The van der Waals surface area contributed by atoms with Crippen LogP contribution in [0.4, 0.5) is 0 Å². The van der Waals surface area contributed by atoms with Gasteiger partial charge in [-0.25, -0.2) is 4.98 Å². The molecule has 3 rings (SSSR count). The molecule has 0 aliphatic heterocycles. The van der Waals surface area contributed by atoms with Crippen molar-refractivity contribution in [2.75, 3.05) is 7.11 Å². The quantitative estimate of drug-likeness (QED) is 0.758. The number of nitrogens with one attached hydrogen (secondary N) is 1. The third kappa shape index (κ3) is 2.96. The molecule has 0 amide bonds. The molecule has 6 heteroatoms. The molecule has 3 aromatic rings. The molecule has 116 valence electrons. The number of furan rings is 1. The van der Waals surface area contributed by atoms with Crippen molar-refractivity contribution in [1.29, 1.82) is 0 Å². The van der Waals surface area contributed by atoms with Gasteiger partial charge in [-0.1, -0.05) is 12.1 Å². The molecule has 2 aromatic heterocycles. The van der Waals surface area contributed by atoms with Crippen molar-refractivity contribution < 1.29 is 9.15 Å². The number of fused-ring (bicyclic) bond motifs is 1. The highest BCUT2D eigenvalue weighted by Gasteiger charge is 2.16. The van der Waals surface area contributed by atoms with Crippen molar-refractivity contribution >= 4 is 11.0 Å². The van der Waals surface area contributed by atoms with Crippen molar-refractivity contribution in [2.24, 2.45) is 0 Å². The van der Waals surface area contributed by atoms with Crippen molar-refractivity contribution in [1.82, 2.24) is 20.1 Å². The lowest BCUT2D eigenvalue weighted by Gasteiger charge is -2.18. The van der Waals surface area contributed by atoms with Crippen LogP contribution in [-0.4, -0.2) is 27.9 Å². The standard InChI is InChI=1S/C16H20N4O2/c1-11(8-20-10-17-9-18-20)19-12(2)15-7-13-5-4-6-14(21-3)16(13)22-15/h4-7,9-12,19H,8H2,1-3H3/t11-,12-/m1/s1. The average Bonchev–Trinajstić information content (AvgIpc) is 3.15. The summed E-state index contributed by atoms with van der Waals surface area (Å²) in [4.78, 5) is 3.95. The molecule has 0 unspecified atom stereocenters. The normalized spacial score (nSPS) is 14.1. The zero-order valence-corrected chi connectivity index (χ0v) is 13.0. The SMILES string of the molecule is COc1cccc2cc([C@@H](C)N[C@H](C)Cn3cncn3)oc12. The second-order valence-corrected chi connectivity index (χ2v) is 5.43. The highest BCUT2D eigenvalue weighted by molar-refractivity contribution is 5.83. The number of nitrogens with zero attached hydrogens (tertiary/aromatic N) is 3. The number of hydrogen-bond acceptors (Lipinski definition) is 5. The van der Waals surface area contributed by atoms with Gasteiger partial charge in [0.15, 0.2) is 11.3 Å². The van der Waals surface area contributed by atoms with Crippen LogP contribution in [0, 0.1) is 0 Å². The number of aromatic nitrogens is 3. The van der Waals surface area contributed by atoms with Crippen LogP contribution in [0.3, 0.4) is 0 Å². The predicted molar refractivity (Wildman–Crippen MR) is 83.8 cm³/mol. The van der Waals surface area contributed by atoms with E-state index in [9.17, 15) is 0 Å². The summed E-state index contributed by atoms with van der Waals surface area (Å²) in [5, 5.41) is 8.68. The summed E-state index contributed by atoms with van der Waals surface area (Å²) in [6, 6.07) is 8.28. The molecule has 0 radical (unpaired) electrons. The number of methoxy groups -OCH3 is 1. The minimum Gasteiger partial charge on any atom is -0.493 e. The Bertz CT molecular complexity index is 736. The van der Waals surface area contributed by atoms with E-state index in [2.05, 4.69) is 35.3 Å². The maximum atomic E-state index is 5.97. The molecule has 22 heavy (non-hydrogen) atoms. The molecule has 2 atom stereocenters. The van der Waals surface area contributed by atoms with Crippen molar-refractivity contribution in [3.63, 3.8) is 0 Å². The summed E-state index contributed by atoms with van der Waals surface area (Å²) in [6.45, 7) is 4.96. The molecule has 0 fully saturated rings. The lowest BCUT2D eigenvalue weighted by Crippen LogP contribution is -2.32. The van der Waals surface area contributed by atoms with Gasteiger partial charge in [0.1, 0.15) is 18.4 Å². The molecule has 0 saturated heterocycles. The molecule has 0 bridgehead atoms. The first-order chi connectivity index (χ1) is 10.7. The molecule has 6 nitrogen and oxygen atoms in total. The van der Waals surface area contributed by atoms with E-state index < -0.39 is 0 Å². The van der Waals surface area contributed by atoms with E-state index >= 15 is 0 Å². The highest BCUT2D eigenvalue weighted by atomic mass is 16.5. The Kier molecular flexibility index (Phi) is 4.11. The summed E-state index contributed by atoms with van der Waals surface area (Å²) in [5.74, 6) is 1.65. The summed E-state index contributed by atoms with van der Waals surface area (Å²) >= 11 is 0. The van der Waals surface area contributed by atoms with E-state index in [1.807, 2.05) is 22.9 Å². The molecule has 0 spiro atoms. The summed E-state index contributed by atoms with van der Waals surface area (Å²) < 4.78 is 13.1. The van der Waals surface area contributed by atoms with Gasteiger partial charge >= 0.3 is 0 Å². The van der Waals surface area contributed by atoms with E-state index in [4.69, 9.17) is 9.15 Å². The number of para-hydroxylation sites is 1. The average molecular weight is 300 g/mol. The zero-order chi connectivity index (χ0) is 15.5. The van der Waals surface area contributed by atoms with E-state index in [0.717, 1.165) is 29.0 Å². The van der Waals surface area contributed by atoms with E-state index in [1.165, 1.54) is 0 Å². The topological polar surface area (TPSA) is 65.1 Å². The van der Waals surface area contributed by atoms with Crippen LogP contribution in [0.5, 0.6) is 5.75 Å². The van der Waals surface area contributed by atoms with E-state index in [0.29, 0.717) is 0 Å². The Balaban J connectivity index is 1.73. The molecule has 0 aliphatic carbocycles. The van der Waals surface area contributed by atoms with Gasteiger partial charge in [-0.05, 0) is 26.0 Å². The number of hydrogen-bond donors (Lipinski definition) is 1. The first-order valence-electron chi connectivity index (χ1n) is 7.32. The fraction of sp³-hybridized carbons (Fsp3) is 0.375. The van der Waals surface area contributed by atoms with E-state index in [1.54, 1.807) is 19.8 Å². The second kappa shape index (κ2) is 6.19. The fourth-order valence-electron chi connectivity index (χ4n) is 2.60. The Labute approximate surface area is 129 Å². The first-order valence-corrected chi connectivity index (χ1v) is 7.32. The summed E-state index contributed by atoms with van der Waals surface area (Å²) in [7, 11) is 1.65. The smallest absolute Gasteiger partial charge is 0.176 e. The third-order valence-corrected chi connectivity index (χ3v) is 3.64. The zero-order valence-electron chi connectivity index (χ0n) is 13.0. The highest BCUT2D eigenvalue weighted by Crippen LogP contribution is 2.30. The summed E-state index contributed by atoms with van der Waals surface area (Å²) in [5.41, 5.74) is 0.789. The maximum Gasteiger partial charge on any atom is 0.176 e. The van der Waals surface area contributed by atoms with Crippen LogP contribution >= 0.6 is 0 Å². The van der Waals surface area contributed by atoms with Crippen LogP contribution in [0.15, 0.2) is 41.3 Å². The molecule has 0 aliphatic rings. The van der Waals surface area contributed by atoms with Crippen molar-refractivity contribution in [3.8, 4) is 5.75 Å². The van der Waals surface area contributed by atoms with Gasteiger partial charge in [-0.3, -0.25) is 4.68 Å². The Morgan fingerprint density at radius 2 is 2.23 bits per heavy atom. The Hall–Kier alpha value is -2.34. The number of benzene rings is 1. The Morgan fingerprint density at radius 3 is 2.95 bits per heavy atom. The maximum absolute atomic E-state index is 5.97. The lowest BCUT2D eigenvalue weighted by atomic mass is 10.2. The van der Waals surface area contributed by atoms with Crippen LogP contribution in [-0.2, 0) is 6.54 Å². The van der Waals surface area contributed by atoms with Crippen molar-refractivity contribution in [2.45, 2.75) is 32.5 Å². The van der Waals surface area contributed by atoms with Gasteiger partial charge in [0, 0.05) is 11.4 Å². The van der Waals surface area contributed by atoms with Gasteiger partial charge in [0.25, 0.3) is 0 Å². The Morgan fingerprint density at radius 1 is 1.36 bits per heavy atom. The monoisotopic (exact) mass is 300 g/mol. The number of ether oxygens (including phenoxy) is 1. The van der Waals surface area contributed by atoms with Crippen LogP contribution in [0.25, 0.3) is 11.0 Å². The third-order valence-electron chi connectivity index (χ3n) is 3.64. The van der Waals surface area contributed by atoms with Crippen LogP contribution in [0.2, 0.25) is 0 Å². The minimum absolute atomic E-state index is 0.0932. The van der Waals surface area contributed by atoms with Gasteiger partial charge < -0.3 is 14.5 Å². The van der Waals surface area contributed by atoms with Gasteiger partial charge in [0.05, 0.1) is 19.7 Å². The van der Waals surface area contributed by atoms with Crippen LogP contribution in [0.1, 0.15) is 25.6 Å².